The number of rotatable bonds is 4. The normalized spacial score (nSPS) is 11.3. The van der Waals surface area contributed by atoms with Gasteiger partial charge in [0.1, 0.15) is 12.3 Å². The maximum Gasteiger partial charge on any atom is 0.342 e. The molecule has 1 aromatic heterocycles. The second-order valence-electron chi connectivity index (χ2n) is 4.36. The summed E-state index contributed by atoms with van der Waals surface area (Å²) in [5.41, 5.74) is 0.931. The minimum atomic E-state index is -1.00. The van der Waals surface area contributed by atoms with Crippen LogP contribution in [-0.4, -0.2) is 18.0 Å². The Morgan fingerprint density at radius 1 is 1.41 bits per heavy atom. The number of furan rings is 1. The van der Waals surface area contributed by atoms with Gasteiger partial charge in [-0.05, 0) is 31.2 Å². The van der Waals surface area contributed by atoms with E-state index in [9.17, 15) is 9.59 Å². The molecule has 0 saturated heterocycles. The topological polar surface area (TPSA) is 92.3 Å². The molecule has 0 spiro atoms. The van der Waals surface area contributed by atoms with E-state index in [1.165, 1.54) is 43.7 Å². The van der Waals surface area contributed by atoms with E-state index >= 15 is 0 Å². The summed E-state index contributed by atoms with van der Waals surface area (Å²) in [5.74, 6) is -1.17. The molecule has 1 heterocycles. The van der Waals surface area contributed by atoms with Gasteiger partial charge in [0, 0.05) is 5.69 Å². The number of nitrogens with zero attached hydrogens (tertiary/aromatic N) is 1. The number of carbonyl (C=O) groups excluding carboxylic acids is 2. The summed E-state index contributed by atoms with van der Waals surface area (Å²) < 4.78 is 9.77. The molecule has 0 aliphatic heterocycles. The first-order valence-corrected chi connectivity index (χ1v) is 6.62. The van der Waals surface area contributed by atoms with Crippen molar-refractivity contribution in [3.05, 3.63) is 52.9 Å². The maximum atomic E-state index is 12.0. The number of nitriles is 1. The van der Waals surface area contributed by atoms with Crippen molar-refractivity contribution >= 4 is 29.2 Å². The summed E-state index contributed by atoms with van der Waals surface area (Å²) in [4.78, 5) is 23.7. The second kappa shape index (κ2) is 6.78. The number of ether oxygens (including phenoxy) is 1. The van der Waals surface area contributed by atoms with Crippen molar-refractivity contribution in [2.24, 2.45) is 0 Å². The van der Waals surface area contributed by atoms with Crippen molar-refractivity contribution in [3.63, 3.8) is 0 Å². The molecule has 1 aromatic carbocycles. The quantitative estimate of drug-likeness (QED) is 0.875. The third-order valence-corrected chi connectivity index (χ3v) is 3.08. The highest BCUT2D eigenvalue weighted by Crippen LogP contribution is 2.20. The molecular formula is C15H11ClN2O4. The highest BCUT2D eigenvalue weighted by Gasteiger charge is 2.19. The Morgan fingerprint density at radius 2 is 2.18 bits per heavy atom. The van der Waals surface area contributed by atoms with E-state index in [1.54, 1.807) is 0 Å². The van der Waals surface area contributed by atoms with E-state index in [-0.39, 0.29) is 10.6 Å². The van der Waals surface area contributed by atoms with E-state index < -0.39 is 18.0 Å². The zero-order valence-electron chi connectivity index (χ0n) is 11.5. The van der Waals surface area contributed by atoms with Gasteiger partial charge in [-0.2, -0.15) is 5.26 Å². The molecule has 0 unspecified atom stereocenters. The Bertz CT molecular complexity index is 734. The SMILES string of the molecule is C[C@@H](OC(=O)c1ccoc1)C(=O)Nc1ccc(C#N)c(Cl)c1. The molecule has 22 heavy (non-hydrogen) atoms. The minimum absolute atomic E-state index is 0.223. The average Bonchev–Trinajstić information content (AvgIpc) is 3.01. The van der Waals surface area contributed by atoms with Crippen LogP contribution in [0.4, 0.5) is 5.69 Å². The first-order valence-electron chi connectivity index (χ1n) is 6.25. The summed E-state index contributed by atoms with van der Waals surface area (Å²) >= 11 is 5.87. The van der Waals surface area contributed by atoms with Crippen LogP contribution in [-0.2, 0) is 9.53 Å². The first-order chi connectivity index (χ1) is 10.5. The molecule has 112 valence electrons. The lowest BCUT2D eigenvalue weighted by atomic mass is 10.2. The molecule has 0 radical (unpaired) electrons. The largest absolute Gasteiger partial charge is 0.472 e. The number of anilines is 1. The van der Waals surface area contributed by atoms with Crippen LogP contribution in [0.3, 0.4) is 0 Å². The lowest BCUT2D eigenvalue weighted by Crippen LogP contribution is -2.29. The predicted octanol–water partition coefficient (Wildman–Crippen LogP) is 2.99. The van der Waals surface area contributed by atoms with Crippen molar-refractivity contribution in [1.82, 2.24) is 0 Å². The minimum Gasteiger partial charge on any atom is -0.472 e. The van der Waals surface area contributed by atoms with Crippen LogP contribution in [0.15, 0.2) is 41.2 Å². The molecular weight excluding hydrogens is 308 g/mol. The van der Waals surface area contributed by atoms with Gasteiger partial charge in [-0.1, -0.05) is 11.6 Å². The van der Waals surface area contributed by atoms with Crippen molar-refractivity contribution in [2.45, 2.75) is 13.0 Å². The van der Waals surface area contributed by atoms with Crippen molar-refractivity contribution in [1.29, 1.82) is 5.26 Å². The number of nitrogens with one attached hydrogen (secondary N) is 1. The summed E-state index contributed by atoms with van der Waals surface area (Å²) in [7, 11) is 0. The summed E-state index contributed by atoms with van der Waals surface area (Å²) in [6, 6.07) is 7.82. The number of esters is 1. The predicted molar refractivity (Wildman–Crippen MR) is 78.4 cm³/mol. The number of hydrogen-bond acceptors (Lipinski definition) is 5. The van der Waals surface area contributed by atoms with Crippen LogP contribution in [0.5, 0.6) is 0 Å². The van der Waals surface area contributed by atoms with Crippen LogP contribution >= 0.6 is 11.6 Å². The third-order valence-electron chi connectivity index (χ3n) is 2.77. The standard InChI is InChI=1S/C15H11ClN2O4/c1-9(22-15(20)11-4-5-21-8-11)14(19)18-12-3-2-10(7-17)13(16)6-12/h2-6,8-9H,1H3,(H,18,19)/t9-/m1/s1. The fourth-order valence-corrected chi connectivity index (χ4v) is 1.81. The van der Waals surface area contributed by atoms with E-state index in [2.05, 4.69) is 5.32 Å². The summed E-state index contributed by atoms with van der Waals surface area (Å²) in [5, 5.41) is 11.6. The molecule has 0 aliphatic rings. The number of amides is 1. The summed E-state index contributed by atoms with van der Waals surface area (Å²) in [6.45, 7) is 1.44. The van der Waals surface area contributed by atoms with Gasteiger partial charge in [0.25, 0.3) is 5.91 Å². The van der Waals surface area contributed by atoms with E-state index in [4.69, 9.17) is 26.0 Å². The zero-order chi connectivity index (χ0) is 16.1. The van der Waals surface area contributed by atoms with Crippen LogP contribution in [0.2, 0.25) is 5.02 Å². The van der Waals surface area contributed by atoms with Gasteiger partial charge in [-0.3, -0.25) is 4.79 Å². The second-order valence-corrected chi connectivity index (χ2v) is 4.76. The molecule has 0 saturated carbocycles. The zero-order valence-corrected chi connectivity index (χ0v) is 12.3. The number of halogens is 1. The molecule has 2 rings (SSSR count). The van der Waals surface area contributed by atoms with Gasteiger partial charge in [0.05, 0.1) is 22.4 Å². The highest BCUT2D eigenvalue weighted by molar-refractivity contribution is 6.32. The molecule has 1 atom stereocenters. The molecule has 7 heteroatoms. The fourth-order valence-electron chi connectivity index (χ4n) is 1.59. The lowest BCUT2D eigenvalue weighted by Gasteiger charge is -2.13. The van der Waals surface area contributed by atoms with E-state index in [0.29, 0.717) is 11.3 Å². The highest BCUT2D eigenvalue weighted by atomic mass is 35.5. The Morgan fingerprint density at radius 3 is 2.77 bits per heavy atom. The smallest absolute Gasteiger partial charge is 0.342 e. The van der Waals surface area contributed by atoms with Crippen molar-refractivity contribution < 1.29 is 18.7 Å². The van der Waals surface area contributed by atoms with Crippen LogP contribution < -0.4 is 5.32 Å². The number of benzene rings is 1. The summed E-state index contributed by atoms with van der Waals surface area (Å²) in [6.07, 6.45) is 1.56. The van der Waals surface area contributed by atoms with Gasteiger partial charge in [-0.15, -0.1) is 0 Å². The Kier molecular flexibility index (Phi) is 4.81. The molecule has 1 N–H and O–H groups in total. The first kappa shape index (κ1) is 15.6. The molecule has 0 aliphatic carbocycles. The Balaban J connectivity index is 1.98. The van der Waals surface area contributed by atoms with Crippen LogP contribution in [0.1, 0.15) is 22.8 Å². The monoisotopic (exact) mass is 318 g/mol. The number of hydrogen-bond donors (Lipinski definition) is 1. The molecule has 6 nitrogen and oxygen atoms in total. The Labute approximate surface area is 131 Å². The van der Waals surface area contributed by atoms with E-state index in [1.807, 2.05) is 6.07 Å². The van der Waals surface area contributed by atoms with Gasteiger partial charge in [0.15, 0.2) is 6.10 Å². The van der Waals surface area contributed by atoms with Crippen molar-refractivity contribution in [3.8, 4) is 6.07 Å². The van der Waals surface area contributed by atoms with Crippen molar-refractivity contribution in [2.75, 3.05) is 5.32 Å². The number of carbonyl (C=O) groups is 2. The van der Waals surface area contributed by atoms with Crippen LogP contribution in [0.25, 0.3) is 0 Å². The fraction of sp³-hybridized carbons (Fsp3) is 0.133. The lowest BCUT2D eigenvalue weighted by molar-refractivity contribution is -0.123. The molecule has 0 fully saturated rings. The molecule has 0 bridgehead atoms. The molecule has 1 amide bonds. The molecule has 2 aromatic rings. The maximum absolute atomic E-state index is 12.0. The van der Waals surface area contributed by atoms with Gasteiger partial charge >= 0.3 is 5.97 Å². The van der Waals surface area contributed by atoms with Crippen LogP contribution in [0, 0.1) is 11.3 Å². The third kappa shape index (κ3) is 3.65. The van der Waals surface area contributed by atoms with Gasteiger partial charge < -0.3 is 14.5 Å². The van der Waals surface area contributed by atoms with Gasteiger partial charge in [0.2, 0.25) is 0 Å². The van der Waals surface area contributed by atoms with E-state index in [0.717, 1.165) is 0 Å². The Hall–Kier alpha value is -2.78. The van der Waals surface area contributed by atoms with Gasteiger partial charge in [-0.25, -0.2) is 4.79 Å². The average molecular weight is 319 g/mol.